The number of nitrogens with zero attached hydrogens (tertiary/aromatic N) is 1. The van der Waals surface area contributed by atoms with Crippen LogP contribution in [0.3, 0.4) is 0 Å². The lowest BCUT2D eigenvalue weighted by Gasteiger charge is -2.11. The van der Waals surface area contributed by atoms with Crippen LogP contribution in [-0.4, -0.2) is 21.1 Å². The van der Waals surface area contributed by atoms with Crippen molar-refractivity contribution in [2.45, 2.75) is 16.7 Å². The number of aromatic amines is 1. The van der Waals surface area contributed by atoms with E-state index in [4.69, 9.17) is 0 Å². The van der Waals surface area contributed by atoms with Gasteiger partial charge in [0, 0.05) is 29.9 Å². The molecule has 142 valence electrons. The average Bonchev–Trinajstić information content (AvgIpc) is 2.70. The summed E-state index contributed by atoms with van der Waals surface area (Å²) in [5, 5.41) is 4.78. The summed E-state index contributed by atoms with van der Waals surface area (Å²) in [5.41, 5.74) is 0.939. The average molecular weight is 399 g/mol. The molecule has 6 heteroatoms. The van der Waals surface area contributed by atoms with Crippen LogP contribution in [0.1, 0.15) is 16.8 Å². The monoisotopic (exact) mass is 399 g/mol. The maximum absolute atomic E-state index is 12.9. The number of thioether (sulfide) groups is 1. The number of allylic oxidation sites excluding steroid dienone is 3. The number of fused-ring (bicyclic) bond motifs is 1. The van der Waals surface area contributed by atoms with Gasteiger partial charge in [-0.15, -0.1) is 0 Å². The number of pyridine rings is 2. The number of hydrogen-bond acceptors (Lipinski definition) is 4. The molecule has 1 unspecified atom stereocenters. The molecular formula is C23H17N3O2S. The predicted octanol–water partition coefficient (Wildman–Crippen LogP) is 4.16. The van der Waals surface area contributed by atoms with Gasteiger partial charge in [0.1, 0.15) is 5.03 Å². The quantitative estimate of drug-likeness (QED) is 0.646. The van der Waals surface area contributed by atoms with Crippen LogP contribution in [0, 0.1) is 11.8 Å². The molecule has 0 aliphatic heterocycles. The Labute approximate surface area is 172 Å². The summed E-state index contributed by atoms with van der Waals surface area (Å²) in [5.74, 6) is 6.03. The van der Waals surface area contributed by atoms with E-state index in [1.165, 1.54) is 11.8 Å². The third-order valence-corrected chi connectivity index (χ3v) is 5.36. The van der Waals surface area contributed by atoms with Gasteiger partial charge in [-0.25, -0.2) is 4.98 Å². The number of benzene rings is 1. The van der Waals surface area contributed by atoms with Gasteiger partial charge in [0.05, 0.1) is 10.8 Å². The van der Waals surface area contributed by atoms with Gasteiger partial charge in [-0.05, 0) is 41.8 Å². The minimum Gasteiger partial charge on any atom is -0.329 e. The van der Waals surface area contributed by atoms with E-state index in [2.05, 4.69) is 27.1 Å². The highest BCUT2D eigenvalue weighted by molar-refractivity contribution is 8.00. The molecule has 1 atom stereocenters. The van der Waals surface area contributed by atoms with Crippen molar-refractivity contribution >= 4 is 34.1 Å². The Balaban J connectivity index is 1.57. The number of carbonyl (C=O) groups is 1. The molecule has 1 aromatic carbocycles. The minimum atomic E-state index is -0.257. The number of H-pyrrole nitrogens is 1. The second kappa shape index (κ2) is 8.63. The number of carbonyl (C=O) groups excluding carboxylic acids is 1. The van der Waals surface area contributed by atoms with Crippen molar-refractivity contribution in [1.29, 1.82) is 0 Å². The first-order chi connectivity index (χ1) is 14.2. The summed E-state index contributed by atoms with van der Waals surface area (Å²) in [4.78, 5) is 31.8. The molecule has 3 aromatic rings. The highest BCUT2D eigenvalue weighted by Gasteiger charge is 2.16. The summed E-state index contributed by atoms with van der Waals surface area (Å²) >= 11 is 1.45. The molecule has 0 saturated carbocycles. The van der Waals surface area contributed by atoms with Crippen LogP contribution in [0.15, 0.2) is 82.9 Å². The molecule has 0 bridgehead atoms. The number of aromatic nitrogens is 2. The Morgan fingerprint density at radius 1 is 1.24 bits per heavy atom. The van der Waals surface area contributed by atoms with Crippen LogP contribution in [0.4, 0.5) is 5.69 Å². The summed E-state index contributed by atoms with van der Waals surface area (Å²) in [7, 11) is 0. The second-order valence-corrected chi connectivity index (χ2v) is 7.43. The molecule has 5 nitrogen and oxygen atoms in total. The van der Waals surface area contributed by atoms with E-state index < -0.39 is 0 Å². The van der Waals surface area contributed by atoms with Gasteiger partial charge in [-0.3, -0.25) is 9.59 Å². The third kappa shape index (κ3) is 4.48. The van der Waals surface area contributed by atoms with Crippen LogP contribution in [0.5, 0.6) is 0 Å². The molecule has 1 aliphatic rings. The lowest BCUT2D eigenvalue weighted by molar-refractivity contribution is 0.102. The Bertz CT molecular complexity index is 1250. The molecule has 0 saturated heterocycles. The Kier molecular flexibility index (Phi) is 5.59. The zero-order valence-corrected chi connectivity index (χ0v) is 16.2. The van der Waals surface area contributed by atoms with Crippen molar-refractivity contribution in [1.82, 2.24) is 9.97 Å². The molecule has 0 radical (unpaired) electrons. The van der Waals surface area contributed by atoms with E-state index in [1.807, 2.05) is 24.3 Å². The molecule has 1 amide bonds. The number of hydrogen-bond donors (Lipinski definition) is 2. The van der Waals surface area contributed by atoms with Crippen molar-refractivity contribution in [3.05, 3.63) is 89.0 Å². The summed E-state index contributed by atoms with van der Waals surface area (Å²) in [6.45, 7) is 0. The van der Waals surface area contributed by atoms with E-state index in [0.717, 1.165) is 5.39 Å². The highest BCUT2D eigenvalue weighted by Crippen LogP contribution is 2.27. The second-order valence-electron chi connectivity index (χ2n) is 6.30. The van der Waals surface area contributed by atoms with Crippen LogP contribution in [0.2, 0.25) is 0 Å². The molecular weight excluding hydrogens is 382 g/mol. The first-order valence-corrected chi connectivity index (χ1v) is 9.95. The van der Waals surface area contributed by atoms with Crippen LogP contribution < -0.4 is 10.9 Å². The van der Waals surface area contributed by atoms with E-state index in [1.54, 1.807) is 48.8 Å². The number of rotatable bonds is 4. The van der Waals surface area contributed by atoms with Gasteiger partial charge < -0.3 is 10.3 Å². The minimum absolute atomic E-state index is 0.0752. The predicted molar refractivity (Wildman–Crippen MR) is 117 cm³/mol. The van der Waals surface area contributed by atoms with Crippen LogP contribution in [-0.2, 0) is 0 Å². The topological polar surface area (TPSA) is 74.8 Å². The maximum Gasteiger partial charge on any atom is 0.258 e. The van der Waals surface area contributed by atoms with Crippen molar-refractivity contribution in [3.63, 3.8) is 0 Å². The van der Waals surface area contributed by atoms with E-state index in [0.29, 0.717) is 28.1 Å². The Morgan fingerprint density at radius 2 is 2.17 bits per heavy atom. The van der Waals surface area contributed by atoms with Crippen LogP contribution >= 0.6 is 11.8 Å². The molecule has 1 aliphatic carbocycles. The smallest absolute Gasteiger partial charge is 0.258 e. The first kappa shape index (κ1) is 18.8. The molecule has 0 fully saturated rings. The van der Waals surface area contributed by atoms with Gasteiger partial charge >= 0.3 is 0 Å². The van der Waals surface area contributed by atoms with Crippen molar-refractivity contribution in [2.24, 2.45) is 0 Å². The van der Waals surface area contributed by atoms with Crippen molar-refractivity contribution in [3.8, 4) is 11.8 Å². The summed E-state index contributed by atoms with van der Waals surface area (Å²) in [6.07, 6.45) is 11.9. The zero-order valence-electron chi connectivity index (χ0n) is 15.4. The highest BCUT2D eigenvalue weighted by atomic mass is 32.2. The zero-order chi connectivity index (χ0) is 20.1. The summed E-state index contributed by atoms with van der Waals surface area (Å²) in [6, 6.07) is 10.5. The lowest BCUT2D eigenvalue weighted by atomic mass is 10.1. The fraction of sp³-hybridized carbons (Fsp3) is 0.0870. The molecule has 2 N–H and O–H groups in total. The van der Waals surface area contributed by atoms with Crippen molar-refractivity contribution < 1.29 is 4.79 Å². The van der Waals surface area contributed by atoms with Gasteiger partial charge in [0.25, 0.3) is 11.5 Å². The fourth-order valence-corrected chi connectivity index (χ4v) is 3.85. The largest absolute Gasteiger partial charge is 0.329 e. The number of anilines is 1. The molecule has 29 heavy (non-hydrogen) atoms. The van der Waals surface area contributed by atoms with E-state index in [9.17, 15) is 9.59 Å². The van der Waals surface area contributed by atoms with E-state index in [-0.39, 0.29) is 16.7 Å². The third-order valence-electron chi connectivity index (χ3n) is 4.28. The SMILES string of the molecule is O=C(Nc1ccc2c(=O)[nH]ccc2c1)c1cccnc1SC1C#CC/C=C\C=C1. The van der Waals surface area contributed by atoms with Crippen LogP contribution in [0.25, 0.3) is 10.8 Å². The van der Waals surface area contributed by atoms with Gasteiger partial charge in [-0.2, -0.15) is 0 Å². The normalized spacial score (nSPS) is 16.3. The standard InChI is InChI=1S/C23H17N3O2S/c27-21-19-11-10-17(15-16(19)12-14-24-21)26-22(28)20-9-6-13-25-23(20)29-18-7-4-2-1-3-5-8-18/h1-2,4,6-7,9-15,18H,3H2,(H,24,27)(H,26,28)/b2-1-,7-4?. The Hall–Kier alpha value is -3.56. The lowest BCUT2D eigenvalue weighted by Crippen LogP contribution is -2.14. The number of amides is 1. The first-order valence-electron chi connectivity index (χ1n) is 9.07. The van der Waals surface area contributed by atoms with Gasteiger partial charge in [-0.1, -0.05) is 47.9 Å². The van der Waals surface area contributed by atoms with E-state index >= 15 is 0 Å². The van der Waals surface area contributed by atoms with Gasteiger partial charge in [0.2, 0.25) is 0 Å². The maximum atomic E-state index is 12.9. The van der Waals surface area contributed by atoms with Gasteiger partial charge in [0.15, 0.2) is 0 Å². The fourth-order valence-electron chi connectivity index (χ4n) is 2.89. The molecule has 2 heterocycles. The Morgan fingerprint density at radius 3 is 3.10 bits per heavy atom. The number of nitrogens with one attached hydrogen (secondary N) is 2. The van der Waals surface area contributed by atoms with Crippen molar-refractivity contribution in [2.75, 3.05) is 5.32 Å². The summed E-state index contributed by atoms with van der Waals surface area (Å²) < 4.78 is 0. The molecule has 4 rings (SSSR count). The molecule has 0 spiro atoms. The molecule has 2 aromatic heterocycles.